The summed E-state index contributed by atoms with van der Waals surface area (Å²) in [6.07, 6.45) is 0. The molecule has 1 amide bonds. The summed E-state index contributed by atoms with van der Waals surface area (Å²) >= 11 is 5.13. The molecule has 0 heterocycles. The molecule has 0 bridgehead atoms. The molecule has 0 aromatic carbocycles. The minimum absolute atomic E-state index is 0.0756. The van der Waals surface area contributed by atoms with Gasteiger partial charge in [0, 0.05) is 0 Å². The van der Waals surface area contributed by atoms with E-state index in [-0.39, 0.29) is 11.9 Å². The number of nitrogens with zero attached hydrogens (tertiary/aromatic N) is 1. The number of halogens is 1. The molecule has 52 valence electrons. The standard InChI is InChI=1S/C2H3ClN2O3S/c3-1(2(4)6)9-5(7)8/h1H,(H2,4,6). The van der Waals surface area contributed by atoms with Crippen LogP contribution in [0.3, 0.4) is 0 Å². The minimum atomic E-state index is -1.28. The lowest BCUT2D eigenvalue weighted by molar-refractivity contribution is -0.284. The highest BCUT2D eigenvalue weighted by Gasteiger charge is 2.20. The number of primary amides is 1. The van der Waals surface area contributed by atoms with E-state index in [0.29, 0.717) is 0 Å². The maximum absolute atomic E-state index is 10.00. The van der Waals surface area contributed by atoms with Crippen molar-refractivity contribution in [2.45, 2.75) is 4.71 Å². The number of hydrogen-bond acceptors (Lipinski definition) is 4. The van der Waals surface area contributed by atoms with Crippen molar-refractivity contribution in [3.8, 4) is 0 Å². The fourth-order valence-electron chi connectivity index (χ4n) is 0.128. The maximum atomic E-state index is 10.00. The maximum Gasteiger partial charge on any atom is 0.258 e. The number of hydrogen-bond donors (Lipinski definition) is 1. The molecule has 7 heteroatoms. The Morgan fingerprint density at radius 2 is 2.33 bits per heavy atom. The number of alkyl halides is 1. The molecule has 0 rings (SSSR count). The molecule has 0 saturated heterocycles. The SMILES string of the molecule is NC(=O)C(Cl)S[N+](=O)[O-]. The van der Waals surface area contributed by atoms with Crippen molar-refractivity contribution >= 4 is 29.5 Å². The summed E-state index contributed by atoms with van der Waals surface area (Å²) in [4.78, 5) is 19.6. The zero-order chi connectivity index (χ0) is 7.44. The van der Waals surface area contributed by atoms with Gasteiger partial charge in [0.05, 0.1) is 0 Å². The lowest BCUT2D eigenvalue weighted by Gasteiger charge is -1.92. The molecule has 1 atom stereocenters. The molecule has 5 nitrogen and oxygen atoms in total. The Kier molecular flexibility index (Phi) is 3.33. The van der Waals surface area contributed by atoms with Crippen LogP contribution in [0.5, 0.6) is 0 Å². The van der Waals surface area contributed by atoms with Crippen LogP contribution in [0, 0.1) is 10.1 Å². The van der Waals surface area contributed by atoms with E-state index in [1.54, 1.807) is 0 Å². The normalized spacial score (nSPS) is 12.6. The molecule has 0 radical (unpaired) electrons. The lowest BCUT2D eigenvalue weighted by atomic mass is 10.8. The first-order chi connectivity index (χ1) is 4.04. The van der Waals surface area contributed by atoms with E-state index >= 15 is 0 Å². The molecule has 0 saturated carbocycles. The van der Waals surface area contributed by atoms with E-state index in [2.05, 4.69) is 5.73 Å². The number of nitrogens with two attached hydrogens (primary N) is 1. The Morgan fingerprint density at radius 1 is 1.89 bits per heavy atom. The van der Waals surface area contributed by atoms with E-state index in [0.717, 1.165) is 0 Å². The van der Waals surface area contributed by atoms with Gasteiger partial charge in [-0.25, -0.2) is 0 Å². The van der Waals surface area contributed by atoms with E-state index < -0.39 is 14.9 Å². The Labute approximate surface area is 59.8 Å². The van der Waals surface area contributed by atoms with Gasteiger partial charge in [-0.2, -0.15) is 0 Å². The quantitative estimate of drug-likeness (QED) is 0.279. The Balaban J connectivity index is 3.63. The van der Waals surface area contributed by atoms with Crippen molar-refractivity contribution in [1.82, 2.24) is 0 Å². The van der Waals surface area contributed by atoms with Gasteiger partial charge in [-0.1, -0.05) is 11.6 Å². The first-order valence-corrected chi connectivity index (χ1v) is 3.06. The van der Waals surface area contributed by atoms with Crippen molar-refractivity contribution < 1.29 is 9.12 Å². The smallest absolute Gasteiger partial charge is 0.258 e. The van der Waals surface area contributed by atoms with Crippen LogP contribution < -0.4 is 5.73 Å². The highest BCUT2D eigenvalue weighted by molar-refractivity contribution is 7.96. The molecule has 0 aliphatic rings. The number of carbonyl (C=O) groups excluding carboxylic acids is 1. The minimum Gasteiger partial charge on any atom is -0.367 e. The second kappa shape index (κ2) is 3.52. The zero-order valence-corrected chi connectivity index (χ0v) is 5.69. The molecule has 0 aromatic rings. The molecule has 0 fully saturated rings. The Bertz CT molecular complexity index is 140. The van der Waals surface area contributed by atoms with Gasteiger partial charge in [0.25, 0.3) is 17.9 Å². The molecule has 1 unspecified atom stereocenters. The summed E-state index contributed by atoms with van der Waals surface area (Å²) in [5.41, 5.74) is 4.59. The Morgan fingerprint density at radius 3 is 2.44 bits per heavy atom. The third kappa shape index (κ3) is 4.04. The predicted molar refractivity (Wildman–Crippen MR) is 33.4 cm³/mol. The molecule has 0 aliphatic heterocycles. The highest BCUT2D eigenvalue weighted by atomic mass is 35.5. The number of nitro groups is 1. The Hall–Kier alpha value is -0.490. The number of carbonyl (C=O) groups is 1. The van der Waals surface area contributed by atoms with Crippen molar-refractivity contribution in [3.63, 3.8) is 0 Å². The number of rotatable bonds is 3. The average molecular weight is 171 g/mol. The van der Waals surface area contributed by atoms with Crippen LogP contribution in [0.1, 0.15) is 0 Å². The zero-order valence-electron chi connectivity index (χ0n) is 4.11. The summed E-state index contributed by atoms with van der Waals surface area (Å²) in [5.74, 6) is -0.904. The average Bonchev–Trinajstić information content (AvgIpc) is 1.63. The van der Waals surface area contributed by atoms with Gasteiger partial charge in [0.2, 0.25) is 4.71 Å². The molecular formula is C2H3ClN2O3S. The first kappa shape index (κ1) is 8.51. The van der Waals surface area contributed by atoms with Gasteiger partial charge in [-0.15, -0.1) is 0 Å². The fourth-order valence-corrected chi connectivity index (χ4v) is 0.578. The fraction of sp³-hybridized carbons (Fsp3) is 0.500. The molecule has 0 aliphatic carbocycles. The van der Waals surface area contributed by atoms with Crippen LogP contribution in [-0.2, 0) is 4.79 Å². The van der Waals surface area contributed by atoms with Crippen LogP contribution in [0.25, 0.3) is 0 Å². The van der Waals surface area contributed by atoms with Gasteiger partial charge in [-0.05, 0) is 0 Å². The van der Waals surface area contributed by atoms with Crippen molar-refractivity contribution in [2.24, 2.45) is 5.73 Å². The van der Waals surface area contributed by atoms with Crippen molar-refractivity contribution in [3.05, 3.63) is 10.1 Å². The largest absolute Gasteiger partial charge is 0.367 e. The van der Waals surface area contributed by atoms with Crippen molar-refractivity contribution in [1.29, 1.82) is 0 Å². The summed E-state index contributed by atoms with van der Waals surface area (Å²) in [6, 6.07) is 0. The third-order valence-electron chi connectivity index (χ3n) is 0.402. The van der Waals surface area contributed by atoms with Gasteiger partial charge in [-0.3, -0.25) is 14.9 Å². The van der Waals surface area contributed by atoms with Gasteiger partial charge < -0.3 is 5.73 Å². The summed E-state index contributed by atoms with van der Waals surface area (Å²) in [5, 5.41) is 9.59. The van der Waals surface area contributed by atoms with E-state index in [4.69, 9.17) is 11.6 Å². The molecule has 2 N–H and O–H groups in total. The predicted octanol–water partition coefficient (Wildman–Crippen LogP) is -0.0385. The summed E-state index contributed by atoms with van der Waals surface area (Å²) in [6.45, 7) is 0. The topological polar surface area (TPSA) is 86.2 Å². The van der Waals surface area contributed by atoms with E-state index in [1.165, 1.54) is 0 Å². The van der Waals surface area contributed by atoms with Gasteiger partial charge in [0.15, 0.2) is 0 Å². The molecular weight excluding hydrogens is 168 g/mol. The van der Waals surface area contributed by atoms with E-state index in [9.17, 15) is 14.9 Å². The van der Waals surface area contributed by atoms with Crippen molar-refractivity contribution in [2.75, 3.05) is 0 Å². The van der Waals surface area contributed by atoms with Crippen LogP contribution in [0.15, 0.2) is 0 Å². The first-order valence-electron chi connectivity index (χ1n) is 1.78. The molecule has 0 aromatic heterocycles. The highest BCUT2D eigenvalue weighted by Crippen LogP contribution is 2.13. The van der Waals surface area contributed by atoms with Gasteiger partial charge >= 0.3 is 0 Å². The van der Waals surface area contributed by atoms with Crippen LogP contribution in [0.2, 0.25) is 0 Å². The van der Waals surface area contributed by atoms with Crippen LogP contribution in [0.4, 0.5) is 0 Å². The molecule has 9 heavy (non-hydrogen) atoms. The third-order valence-corrected chi connectivity index (χ3v) is 1.45. The van der Waals surface area contributed by atoms with Gasteiger partial charge in [0.1, 0.15) is 4.33 Å². The van der Waals surface area contributed by atoms with E-state index in [1.807, 2.05) is 0 Å². The number of amides is 1. The monoisotopic (exact) mass is 170 g/mol. The summed E-state index contributed by atoms with van der Waals surface area (Å²) < 4.78 is -2.05. The summed E-state index contributed by atoms with van der Waals surface area (Å²) in [7, 11) is 0. The van der Waals surface area contributed by atoms with Crippen LogP contribution >= 0.6 is 23.5 Å². The lowest BCUT2D eigenvalue weighted by Crippen LogP contribution is -2.21. The van der Waals surface area contributed by atoms with Crippen LogP contribution in [-0.4, -0.2) is 14.9 Å². The second-order valence-corrected chi connectivity index (χ2v) is 2.72. The molecule has 0 spiro atoms. The second-order valence-electron chi connectivity index (χ2n) is 1.05.